The number of hydrogen-bond acceptors (Lipinski definition) is 5. The predicted molar refractivity (Wildman–Crippen MR) is 255 cm³/mol. The number of benzene rings is 7. The molecule has 6 heterocycles. The molecule has 13 rings (SSSR count). The van der Waals surface area contributed by atoms with Gasteiger partial charge in [-0.25, -0.2) is 15.0 Å². The molecule has 0 amide bonds. The zero-order valence-corrected chi connectivity index (χ0v) is 33.7. The summed E-state index contributed by atoms with van der Waals surface area (Å²) in [5.74, 6) is 0.661. The van der Waals surface area contributed by atoms with Crippen LogP contribution >= 0.6 is 0 Å². The Kier molecular flexibility index (Phi) is 7.77. The quantitative estimate of drug-likeness (QED) is 0.167. The van der Waals surface area contributed by atoms with Gasteiger partial charge in [0, 0.05) is 78.8 Å². The largest absolute Gasteiger partial charge is 0.456 e. The van der Waals surface area contributed by atoms with E-state index in [0.717, 1.165) is 105 Å². The Bertz CT molecular complexity index is 3860. The van der Waals surface area contributed by atoms with Gasteiger partial charge in [-0.15, -0.1) is 0 Å². The monoisotopic (exact) mass is 806 g/mol. The van der Waals surface area contributed by atoms with Gasteiger partial charge in [0.25, 0.3) is 0 Å². The summed E-state index contributed by atoms with van der Waals surface area (Å²) < 4.78 is 10.8. The third-order valence-electron chi connectivity index (χ3n) is 12.3. The van der Waals surface area contributed by atoms with Crippen molar-refractivity contribution in [3.05, 3.63) is 207 Å². The van der Waals surface area contributed by atoms with E-state index >= 15 is 0 Å². The Morgan fingerprint density at radius 3 is 1.75 bits per heavy atom. The van der Waals surface area contributed by atoms with Gasteiger partial charge in [-0.05, 0) is 72.8 Å². The lowest BCUT2D eigenvalue weighted by Gasteiger charge is -2.13. The van der Waals surface area contributed by atoms with Crippen molar-refractivity contribution < 1.29 is 4.42 Å². The molecule has 0 bridgehead atoms. The first kappa shape index (κ1) is 35.1. The molecule has 0 atom stereocenters. The molecule has 0 unspecified atom stereocenters. The molecule has 0 N–H and O–H groups in total. The summed E-state index contributed by atoms with van der Waals surface area (Å²) in [5.41, 5.74) is 14.9. The molecule has 0 radical (unpaired) electrons. The molecule has 0 aliphatic rings. The molecular weight excluding hydrogens is 773 g/mol. The van der Waals surface area contributed by atoms with Crippen LogP contribution in [0.2, 0.25) is 0 Å². The first-order valence-corrected chi connectivity index (χ1v) is 21.0. The van der Waals surface area contributed by atoms with Crippen LogP contribution in [0, 0.1) is 0 Å². The van der Waals surface area contributed by atoms with Gasteiger partial charge in [-0.1, -0.05) is 115 Å². The third-order valence-corrected chi connectivity index (χ3v) is 12.3. The molecule has 13 aromatic rings. The second-order valence-electron chi connectivity index (χ2n) is 15.9. The lowest BCUT2D eigenvalue weighted by Crippen LogP contribution is -1.99. The van der Waals surface area contributed by atoms with Crippen LogP contribution in [0.1, 0.15) is 0 Å². The molecule has 0 aliphatic heterocycles. The predicted octanol–water partition coefficient (Wildman–Crippen LogP) is 14.0. The molecule has 0 aliphatic carbocycles. The van der Waals surface area contributed by atoms with Crippen LogP contribution in [0.25, 0.3) is 122 Å². The number of furan rings is 1. The fourth-order valence-corrected chi connectivity index (χ4v) is 9.36. The third kappa shape index (κ3) is 5.67. The van der Waals surface area contributed by atoms with Gasteiger partial charge in [0.2, 0.25) is 0 Å². The summed E-state index contributed by atoms with van der Waals surface area (Å²) in [6.07, 6.45) is 5.51. The van der Waals surface area contributed by atoms with E-state index in [1.165, 1.54) is 10.8 Å². The maximum atomic E-state index is 6.14. The average molecular weight is 807 g/mol. The zero-order chi connectivity index (χ0) is 41.4. The van der Waals surface area contributed by atoms with Gasteiger partial charge in [0.05, 0.1) is 44.8 Å². The number of pyridine rings is 2. The Morgan fingerprint density at radius 1 is 0.349 bits per heavy atom. The lowest BCUT2D eigenvalue weighted by atomic mass is 10.1. The van der Waals surface area contributed by atoms with Crippen molar-refractivity contribution in [2.24, 2.45) is 0 Å². The highest BCUT2D eigenvalue weighted by Crippen LogP contribution is 2.39. The minimum Gasteiger partial charge on any atom is -0.456 e. The van der Waals surface area contributed by atoms with Crippen LogP contribution in [0.3, 0.4) is 0 Å². The second-order valence-corrected chi connectivity index (χ2v) is 15.9. The average Bonchev–Trinajstić information content (AvgIpc) is 4.01. The Morgan fingerprint density at radius 2 is 0.984 bits per heavy atom. The normalized spacial score (nSPS) is 11.8. The number of hydrogen-bond donors (Lipinski definition) is 0. The molecule has 0 spiro atoms. The topological polar surface area (TPSA) is 74.6 Å². The van der Waals surface area contributed by atoms with Crippen LogP contribution in [0.5, 0.6) is 0 Å². The van der Waals surface area contributed by atoms with Crippen molar-refractivity contribution in [1.29, 1.82) is 0 Å². The van der Waals surface area contributed by atoms with E-state index in [-0.39, 0.29) is 0 Å². The molecule has 7 aromatic carbocycles. The molecule has 0 saturated carbocycles. The molecule has 0 fully saturated rings. The van der Waals surface area contributed by atoms with E-state index in [1.54, 1.807) is 6.20 Å². The number of nitrogens with zero attached hydrogens (tertiary/aromatic N) is 6. The van der Waals surface area contributed by atoms with Crippen molar-refractivity contribution in [2.75, 3.05) is 0 Å². The van der Waals surface area contributed by atoms with Gasteiger partial charge < -0.3 is 13.6 Å². The fraction of sp³-hybridized carbons (Fsp3) is 0. The summed E-state index contributed by atoms with van der Waals surface area (Å²) >= 11 is 0. The van der Waals surface area contributed by atoms with E-state index in [9.17, 15) is 0 Å². The van der Waals surface area contributed by atoms with Gasteiger partial charge in [-0.3, -0.25) is 4.98 Å². The van der Waals surface area contributed by atoms with Crippen LogP contribution in [-0.2, 0) is 0 Å². The Hall–Kier alpha value is -8.68. The summed E-state index contributed by atoms with van der Waals surface area (Å²) in [7, 11) is 0. The smallest absolute Gasteiger partial charge is 0.159 e. The van der Waals surface area contributed by atoms with Crippen molar-refractivity contribution in [3.8, 4) is 56.5 Å². The second kappa shape index (κ2) is 13.9. The van der Waals surface area contributed by atoms with E-state index in [2.05, 4.69) is 178 Å². The fourth-order valence-electron chi connectivity index (χ4n) is 9.36. The van der Waals surface area contributed by atoms with Crippen molar-refractivity contribution in [1.82, 2.24) is 29.1 Å². The highest BCUT2D eigenvalue weighted by Gasteiger charge is 2.19. The summed E-state index contributed by atoms with van der Waals surface area (Å²) in [6, 6.07) is 65.9. The highest BCUT2D eigenvalue weighted by atomic mass is 16.3. The number of aromatic nitrogens is 6. The zero-order valence-electron chi connectivity index (χ0n) is 33.7. The van der Waals surface area contributed by atoms with Gasteiger partial charge in [0.1, 0.15) is 11.2 Å². The van der Waals surface area contributed by atoms with Crippen LogP contribution in [-0.4, -0.2) is 29.1 Å². The van der Waals surface area contributed by atoms with Crippen LogP contribution < -0.4 is 0 Å². The number of fused-ring (bicyclic) bond motifs is 9. The SMILES string of the molecule is c1ccc(-c2cc(-n3c4ccccc4c4ccc(-c5nccc(-c6ccc7c(c6)c6ccccc6n7-c6ccc7oc8ccncc8c7c6)n5)cc43)cc(-c3ccccc3)n2)cc1. The van der Waals surface area contributed by atoms with Crippen LogP contribution in [0.4, 0.5) is 0 Å². The maximum absolute atomic E-state index is 6.14. The number of para-hydroxylation sites is 2. The molecular formula is C56H34N6O. The Balaban J connectivity index is 0.942. The first-order chi connectivity index (χ1) is 31.2. The van der Waals surface area contributed by atoms with Crippen molar-refractivity contribution in [2.45, 2.75) is 0 Å². The van der Waals surface area contributed by atoms with E-state index in [0.29, 0.717) is 5.82 Å². The van der Waals surface area contributed by atoms with Gasteiger partial charge in [0.15, 0.2) is 5.82 Å². The van der Waals surface area contributed by atoms with Crippen LogP contribution in [0.15, 0.2) is 211 Å². The minimum absolute atomic E-state index is 0.661. The van der Waals surface area contributed by atoms with Gasteiger partial charge in [-0.2, -0.15) is 0 Å². The van der Waals surface area contributed by atoms with E-state index in [4.69, 9.17) is 19.4 Å². The molecule has 294 valence electrons. The molecule has 0 saturated heterocycles. The molecule has 7 nitrogen and oxygen atoms in total. The maximum Gasteiger partial charge on any atom is 0.159 e. The lowest BCUT2D eigenvalue weighted by molar-refractivity contribution is 0.668. The summed E-state index contributed by atoms with van der Waals surface area (Å²) in [5, 5.41) is 6.70. The van der Waals surface area contributed by atoms with Gasteiger partial charge >= 0.3 is 0 Å². The number of rotatable bonds is 6. The molecule has 63 heavy (non-hydrogen) atoms. The van der Waals surface area contributed by atoms with Crippen molar-refractivity contribution >= 4 is 65.6 Å². The first-order valence-electron chi connectivity index (χ1n) is 21.0. The summed E-state index contributed by atoms with van der Waals surface area (Å²) in [6.45, 7) is 0. The molecule has 6 aromatic heterocycles. The Labute approximate surface area is 360 Å². The highest BCUT2D eigenvalue weighted by molar-refractivity contribution is 6.12. The molecule has 7 heteroatoms. The summed E-state index contributed by atoms with van der Waals surface area (Å²) in [4.78, 5) is 19.6. The minimum atomic E-state index is 0.661. The standard InChI is InChI=1S/C56H34N6O/c1-3-11-35(12-4-1)48-32-40(33-49(59-48)36-13-5-2-6-14-36)62-50-17-9-7-15-41(50)43-22-19-38(30-53(43)62)56-58-28-25-47(60-56)37-20-23-52-44(29-37)42-16-8-10-18-51(42)61(52)39-21-24-54-45(31-39)46-34-57-27-26-55(46)63-54/h1-34H. The van der Waals surface area contributed by atoms with E-state index in [1.807, 2.05) is 36.7 Å². The van der Waals surface area contributed by atoms with E-state index < -0.39 is 0 Å². The van der Waals surface area contributed by atoms with Crippen molar-refractivity contribution in [3.63, 3.8) is 0 Å².